The molecule has 1 aliphatic heterocycles. The molecule has 0 aliphatic carbocycles. The monoisotopic (exact) mass is 284 g/mol. The van der Waals surface area contributed by atoms with Crippen molar-refractivity contribution in [2.75, 3.05) is 18.0 Å². The second-order valence-electron chi connectivity index (χ2n) is 6.24. The van der Waals surface area contributed by atoms with Crippen LogP contribution in [0.5, 0.6) is 0 Å². The Hall–Kier alpha value is -1.81. The molecule has 1 aromatic carbocycles. The molecule has 2 aromatic rings. The molecule has 2 heterocycles. The predicted octanol–water partition coefficient (Wildman–Crippen LogP) is 2.93. The van der Waals surface area contributed by atoms with E-state index in [1.807, 2.05) is 0 Å². The number of nitrogens with zero attached hydrogens (tertiary/aromatic N) is 2. The van der Waals surface area contributed by atoms with Gasteiger partial charge >= 0.3 is 0 Å². The lowest BCUT2D eigenvalue weighted by molar-refractivity contribution is 0.498. The maximum atomic E-state index is 5.97. The van der Waals surface area contributed by atoms with Crippen LogP contribution in [0.15, 0.2) is 18.2 Å². The number of hydrogen-bond donors (Lipinski definition) is 2. The van der Waals surface area contributed by atoms with E-state index in [-0.39, 0.29) is 0 Å². The van der Waals surface area contributed by atoms with Gasteiger partial charge in [-0.2, -0.15) is 5.10 Å². The zero-order chi connectivity index (χ0) is 15.0. The van der Waals surface area contributed by atoms with E-state index in [4.69, 9.17) is 5.73 Å². The molecule has 3 N–H and O–H groups in total. The summed E-state index contributed by atoms with van der Waals surface area (Å²) in [6.07, 6.45) is 2.09. The Bertz CT molecular complexity index is 613. The lowest BCUT2D eigenvalue weighted by Gasteiger charge is -2.29. The highest BCUT2D eigenvalue weighted by atomic mass is 15.3. The van der Waals surface area contributed by atoms with E-state index in [1.165, 1.54) is 22.3 Å². The molecule has 112 valence electrons. The molecule has 0 spiro atoms. The van der Waals surface area contributed by atoms with E-state index in [1.54, 1.807) is 0 Å². The fourth-order valence-electron chi connectivity index (χ4n) is 3.33. The molecule has 0 atom stereocenters. The number of hydrogen-bond acceptors (Lipinski definition) is 3. The fraction of sp³-hybridized carbons (Fsp3) is 0.471. The third-order valence-corrected chi connectivity index (χ3v) is 4.37. The minimum absolute atomic E-state index is 0.348. The molecular formula is C17H24N4. The van der Waals surface area contributed by atoms with Gasteiger partial charge in [0.05, 0.1) is 5.69 Å². The summed E-state index contributed by atoms with van der Waals surface area (Å²) in [6.45, 7) is 8.46. The highest BCUT2D eigenvalue weighted by Crippen LogP contribution is 2.29. The molecule has 1 fully saturated rings. The van der Waals surface area contributed by atoms with Crippen LogP contribution in [0.4, 0.5) is 5.82 Å². The minimum Gasteiger partial charge on any atom is -0.355 e. The largest absolute Gasteiger partial charge is 0.355 e. The van der Waals surface area contributed by atoms with Crippen LogP contribution < -0.4 is 10.6 Å². The summed E-state index contributed by atoms with van der Waals surface area (Å²) < 4.78 is 0. The van der Waals surface area contributed by atoms with Gasteiger partial charge in [-0.15, -0.1) is 0 Å². The van der Waals surface area contributed by atoms with Gasteiger partial charge in [-0.25, -0.2) is 0 Å². The number of H-pyrrole nitrogens is 1. The van der Waals surface area contributed by atoms with Crippen LogP contribution in [-0.4, -0.2) is 29.3 Å². The van der Waals surface area contributed by atoms with E-state index in [9.17, 15) is 0 Å². The lowest BCUT2D eigenvalue weighted by Crippen LogP contribution is -2.39. The summed E-state index contributed by atoms with van der Waals surface area (Å²) in [5.41, 5.74) is 12.2. The lowest BCUT2D eigenvalue weighted by atomic mass is 9.97. The maximum absolute atomic E-state index is 5.97. The van der Waals surface area contributed by atoms with Crippen LogP contribution in [0.2, 0.25) is 0 Å². The molecular weight excluding hydrogens is 260 g/mol. The fourth-order valence-corrected chi connectivity index (χ4v) is 3.33. The number of nitrogens with one attached hydrogen (secondary N) is 1. The molecule has 4 heteroatoms. The van der Waals surface area contributed by atoms with Crippen molar-refractivity contribution in [1.29, 1.82) is 0 Å². The zero-order valence-electron chi connectivity index (χ0n) is 13.1. The van der Waals surface area contributed by atoms with Crippen molar-refractivity contribution in [3.63, 3.8) is 0 Å². The zero-order valence-corrected chi connectivity index (χ0v) is 13.1. The molecule has 0 saturated carbocycles. The average Bonchev–Trinajstić information content (AvgIpc) is 2.87. The Morgan fingerprint density at radius 2 is 1.71 bits per heavy atom. The second-order valence-corrected chi connectivity index (χ2v) is 6.24. The van der Waals surface area contributed by atoms with E-state index < -0.39 is 0 Å². The van der Waals surface area contributed by atoms with Crippen molar-refractivity contribution < 1.29 is 0 Å². The molecule has 1 aromatic heterocycles. The number of anilines is 1. The Labute approximate surface area is 126 Å². The van der Waals surface area contributed by atoms with Gasteiger partial charge in [-0.3, -0.25) is 5.10 Å². The smallest absolute Gasteiger partial charge is 0.150 e. The average molecular weight is 284 g/mol. The van der Waals surface area contributed by atoms with Gasteiger partial charge < -0.3 is 10.6 Å². The number of aromatic nitrogens is 2. The first-order valence-corrected chi connectivity index (χ1v) is 7.69. The Morgan fingerprint density at radius 1 is 1.10 bits per heavy atom. The summed E-state index contributed by atoms with van der Waals surface area (Å²) in [7, 11) is 0. The molecule has 1 aliphatic rings. The summed E-state index contributed by atoms with van der Waals surface area (Å²) in [4.78, 5) is 2.32. The normalized spacial score (nSPS) is 16.5. The van der Waals surface area contributed by atoms with Gasteiger partial charge in [-0.05, 0) is 44.7 Å². The number of aromatic amines is 1. The van der Waals surface area contributed by atoms with E-state index in [2.05, 4.69) is 54.1 Å². The summed E-state index contributed by atoms with van der Waals surface area (Å²) in [5.74, 6) is 1.04. The van der Waals surface area contributed by atoms with Crippen LogP contribution in [-0.2, 0) is 0 Å². The van der Waals surface area contributed by atoms with E-state index in [0.29, 0.717) is 6.04 Å². The molecule has 21 heavy (non-hydrogen) atoms. The van der Waals surface area contributed by atoms with Crippen LogP contribution in [0, 0.1) is 20.8 Å². The highest BCUT2D eigenvalue weighted by molar-refractivity contribution is 5.70. The van der Waals surface area contributed by atoms with Gasteiger partial charge in [0, 0.05) is 30.8 Å². The first-order valence-electron chi connectivity index (χ1n) is 7.69. The van der Waals surface area contributed by atoms with Gasteiger partial charge in [0.1, 0.15) is 0 Å². The van der Waals surface area contributed by atoms with Gasteiger partial charge in [0.25, 0.3) is 0 Å². The van der Waals surface area contributed by atoms with Gasteiger partial charge in [-0.1, -0.05) is 17.7 Å². The van der Waals surface area contributed by atoms with E-state index in [0.717, 1.165) is 37.4 Å². The van der Waals surface area contributed by atoms with Gasteiger partial charge in [0.2, 0.25) is 0 Å². The standard InChI is InChI=1S/C17H24N4/c1-11-8-12(2)17(13(3)9-11)15-10-16(20-19-15)21-6-4-14(18)5-7-21/h8-10,14H,4-7,18H2,1-3H3,(H,19,20). The first kappa shape index (κ1) is 14.1. The van der Waals surface area contributed by atoms with Crippen LogP contribution in [0.25, 0.3) is 11.3 Å². The van der Waals surface area contributed by atoms with Crippen molar-refractivity contribution in [3.05, 3.63) is 34.9 Å². The topological polar surface area (TPSA) is 57.9 Å². The summed E-state index contributed by atoms with van der Waals surface area (Å²) in [6, 6.07) is 6.97. The number of aryl methyl sites for hydroxylation is 3. The number of nitrogens with two attached hydrogens (primary N) is 1. The maximum Gasteiger partial charge on any atom is 0.150 e. The highest BCUT2D eigenvalue weighted by Gasteiger charge is 2.19. The van der Waals surface area contributed by atoms with Crippen molar-refractivity contribution in [2.45, 2.75) is 39.7 Å². The summed E-state index contributed by atoms with van der Waals surface area (Å²) in [5, 5.41) is 7.71. The predicted molar refractivity (Wildman–Crippen MR) is 87.7 cm³/mol. The van der Waals surface area contributed by atoms with Crippen molar-refractivity contribution in [3.8, 4) is 11.3 Å². The van der Waals surface area contributed by atoms with Crippen molar-refractivity contribution in [2.24, 2.45) is 5.73 Å². The van der Waals surface area contributed by atoms with Crippen LogP contribution >= 0.6 is 0 Å². The van der Waals surface area contributed by atoms with Crippen LogP contribution in [0.1, 0.15) is 29.5 Å². The minimum atomic E-state index is 0.348. The number of benzene rings is 1. The van der Waals surface area contributed by atoms with E-state index >= 15 is 0 Å². The molecule has 0 radical (unpaired) electrons. The third-order valence-electron chi connectivity index (χ3n) is 4.37. The van der Waals surface area contributed by atoms with Gasteiger partial charge in [0.15, 0.2) is 5.82 Å². The molecule has 3 rings (SSSR count). The summed E-state index contributed by atoms with van der Waals surface area (Å²) >= 11 is 0. The second kappa shape index (κ2) is 5.53. The molecule has 4 nitrogen and oxygen atoms in total. The first-order chi connectivity index (χ1) is 10.0. The van der Waals surface area contributed by atoms with Crippen molar-refractivity contribution >= 4 is 5.82 Å². The Morgan fingerprint density at radius 3 is 2.33 bits per heavy atom. The van der Waals surface area contributed by atoms with Crippen molar-refractivity contribution in [1.82, 2.24) is 10.2 Å². The molecule has 0 bridgehead atoms. The third kappa shape index (κ3) is 2.81. The molecule has 0 unspecified atom stereocenters. The molecule has 1 saturated heterocycles. The Kier molecular flexibility index (Phi) is 3.72. The number of rotatable bonds is 2. The quantitative estimate of drug-likeness (QED) is 0.891. The SMILES string of the molecule is Cc1cc(C)c(-c2cc(N3CCC(N)CC3)n[nH]2)c(C)c1. The Balaban J connectivity index is 1.89. The van der Waals surface area contributed by atoms with Crippen LogP contribution in [0.3, 0.4) is 0 Å². The molecule has 0 amide bonds. The number of piperidine rings is 1.